The summed E-state index contributed by atoms with van der Waals surface area (Å²) < 4.78 is 2.33. The lowest BCUT2D eigenvalue weighted by atomic mass is 9.75. The SMILES string of the molecule is CCc1cccc(-n2c(C)cc3c2CC(C)(C)CC3O)c1. The van der Waals surface area contributed by atoms with Crippen LogP contribution in [0.4, 0.5) is 0 Å². The Kier molecular flexibility index (Phi) is 3.45. The number of rotatable bonds is 2. The van der Waals surface area contributed by atoms with Gasteiger partial charge in [0.25, 0.3) is 0 Å². The lowest BCUT2D eigenvalue weighted by molar-refractivity contribution is 0.0987. The summed E-state index contributed by atoms with van der Waals surface area (Å²) in [6.07, 6.45) is 2.57. The van der Waals surface area contributed by atoms with Crippen LogP contribution in [0, 0.1) is 12.3 Å². The number of hydrogen-bond donors (Lipinski definition) is 1. The van der Waals surface area contributed by atoms with Gasteiger partial charge in [-0.15, -0.1) is 0 Å². The van der Waals surface area contributed by atoms with Crippen molar-refractivity contribution in [3.63, 3.8) is 0 Å². The van der Waals surface area contributed by atoms with Crippen molar-refractivity contribution in [2.45, 2.75) is 53.1 Å². The van der Waals surface area contributed by atoms with Crippen LogP contribution < -0.4 is 0 Å². The monoisotopic (exact) mass is 283 g/mol. The molecule has 1 aliphatic rings. The summed E-state index contributed by atoms with van der Waals surface area (Å²) in [6, 6.07) is 10.9. The molecule has 0 saturated heterocycles. The molecule has 21 heavy (non-hydrogen) atoms. The third kappa shape index (κ3) is 2.53. The third-order valence-electron chi connectivity index (χ3n) is 4.65. The van der Waals surface area contributed by atoms with E-state index in [1.807, 2.05) is 0 Å². The molecule has 0 aliphatic heterocycles. The molecule has 1 aliphatic carbocycles. The van der Waals surface area contributed by atoms with Crippen LogP contribution in [0.2, 0.25) is 0 Å². The highest BCUT2D eigenvalue weighted by Gasteiger charge is 2.34. The Labute approximate surface area is 127 Å². The molecule has 1 atom stereocenters. The number of aromatic nitrogens is 1. The van der Waals surface area contributed by atoms with Crippen molar-refractivity contribution in [3.05, 3.63) is 52.8 Å². The lowest BCUT2D eigenvalue weighted by Crippen LogP contribution is -2.26. The van der Waals surface area contributed by atoms with Gasteiger partial charge in [0.15, 0.2) is 0 Å². The highest BCUT2D eigenvalue weighted by Crippen LogP contribution is 2.42. The predicted octanol–water partition coefficient (Wildman–Crippen LogP) is 4.35. The molecule has 0 radical (unpaired) electrons. The molecule has 0 fully saturated rings. The standard InChI is InChI=1S/C19H25NO/c1-5-14-7-6-8-15(10-14)20-13(2)9-16-17(20)11-19(3,4)12-18(16)21/h6-10,18,21H,5,11-12H2,1-4H3. The van der Waals surface area contributed by atoms with Crippen LogP contribution in [-0.2, 0) is 12.8 Å². The molecular formula is C19H25NO. The Morgan fingerprint density at radius 3 is 2.76 bits per heavy atom. The number of fused-ring (bicyclic) bond motifs is 1. The zero-order valence-electron chi connectivity index (χ0n) is 13.5. The molecule has 1 unspecified atom stereocenters. The molecule has 0 saturated carbocycles. The van der Waals surface area contributed by atoms with Gasteiger partial charge in [0, 0.05) is 22.6 Å². The van der Waals surface area contributed by atoms with E-state index < -0.39 is 0 Å². The summed E-state index contributed by atoms with van der Waals surface area (Å²) in [5.74, 6) is 0. The topological polar surface area (TPSA) is 25.2 Å². The lowest BCUT2D eigenvalue weighted by Gasteiger charge is -2.34. The Bertz CT molecular complexity index is 666. The van der Waals surface area contributed by atoms with E-state index in [0.717, 1.165) is 24.8 Å². The van der Waals surface area contributed by atoms with E-state index in [1.165, 1.54) is 22.6 Å². The summed E-state index contributed by atoms with van der Waals surface area (Å²) in [6.45, 7) is 8.81. The van der Waals surface area contributed by atoms with E-state index in [4.69, 9.17) is 0 Å². The van der Waals surface area contributed by atoms with Gasteiger partial charge in [-0.25, -0.2) is 0 Å². The average Bonchev–Trinajstić information content (AvgIpc) is 2.74. The van der Waals surface area contributed by atoms with Crippen LogP contribution in [-0.4, -0.2) is 9.67 Å². The second-order valence-corrected chi connectivity index (χ2v) is 7.11. The Morgan fingerprint density at radius 1 is 1.29 bits per heavy atom. The molecule has 2 aromatic rings. The molecule has 3 rings (SSSR count). The normalized spacial score (nSPS) is 20.3. The van der Waals surface area contributed by atoms with Crippen molar-refractivity contribution >= 4 is 0 Å². The fourth-order valence-corrected chi connectivity index (χ4v) is 3.62. The molecule has 2 heteroatoms. The van der Waals surface area contributed by atoms with Gasteiger partial charge in [-0.2, -0.15) is 0 Å². The second-order valence-electron chi connectivity index (χ2n) is 7.11. The van der Waals surface area contributed by atoms with Crippen molar-refractivity contribution in [1.82, 2.24) is 4.57 Å². The summed E-state index contributed by atoms with van der Waals surface area (Å²) in [4.78, 5) is 0. The van der Waals surface area contributed by atoms with E-state index in [9.17, 15) is 5.11 Å². The minimum absolute atomic E-state index is 0.150. The second kappa shape index (κ2) is 5.03. The number of aliphatic hydroxyl groups is 1. The third-order valence-corrected chi connectivity index (χ3v) is 4.65. The van der Waals surface area contributed by atoms with Crippen LogP contribution in [0.1, 0.15) is 55.8 Å². The Morgan fingerprint density at radius 2 is 2.05 bits per heavy atom. The Hall–Kier alpha value is -1.54. The summed E-state index contributed by atoms with van der Waals surface area (Å²) in [5, 5.41) is 10.5. The van der Waals surface area contributed by atoms with Gasteiger partial charge < -0.3 is 9.67 Å². The number of aryl methyl sites for hydroxylation is 2. The number of hydrogen-bond acceptors (Lipinski definition) is 1. The van der Waals surface area contributed by atoms with Crippen molar-refractivity contribution in [2.75, 3.05) is 0 Å². The molecule has 1 heterocycles. The van der Waals surface area contributed by atoms with Crippen LogP contribution in [0.5, 0.6) is 0 Å². The van der Waals surface area contributed by atoms with Gasteiger partial charge in [-0.1, -0.05) is 32.9 Å². The van der Waals surface area contributed by atoms with Gasteiger partial charge in [0.2, 0.25) is 0 Å². The molecule has 112 valence electrons. The first-order valence-corrected chi connectivity index (χ1v) is 7.90. The smallest absolute Gasteiger partial charge is 0.0812 e. The largest absolute Gasteiger partial charge is 0.388 e. The minimum Gasteiger partial charge on any atom is -0.388 e. The fraction of sp³-hybridized carbons (Fsp3) is 0.474. The van der Waals surface area contributed by atoms with E-state index in [0.29, 0.717) is 0 Å². The Balaban J connectivity index is 2.16. The van der Waals surface area contributed by atoms with E-state index in [2.05, 4.69) is 62.6 Å². The number of nitrogens with zero attached hydrogens (tertiary/aromatic N) is 1. The molecule has 1 aromatic heterocycles. The molecule has 2 nitrogen and oxygen atoms in total. The zero-order valence-corrected chi connectivity index (χ0v) is 13.5. The molecule has 0 amide bonds. The van der Waals surface area contributed by atoms with E-state index in [-0.39, 0.29) is 11.5 Å². The highest BCUT2D eigenvalue weighted by atomic mass is 16.3. The first-order valence-electron chi connectivity index (χ1n) is 7.90. The highest BCUT2D eigenvalue weighted by molar-refractivity contribution is 5.45. The van der Waals surface area contributed by atoms with Crippen molar-refractivity contribution in [3.8, 4) is 5.69 Å². The first kappa shape index (κ1) is 14.4. The fourth-order valence-electron chi connectivity index (χ4n) is 3.62. The number of benzene rings is 1. The van der Waals surface area contributed by atoms with Crippen molar-refractivity contribution < 1.29 is 5.11 Å². The van der Waals surface area contributed by atoms with Crippen LogP contribution in [0.25, 0.3) is 5.69 Å². The summed E-state index contributed by atoms with van der Waals surface area (Å²) in [7, 11) is 0. The van der Waals surface area contributed by atoms with Crippen LogP contribution in [0.15, 0.2) is 30.3 Å². The maximum Gasteiger partial charge on any atom is 0.0812 e. The van der Waals surface area contributed by atoms with Crippen LogP contribution in [0.3, 0.4) is 0 Å². The number of aliphatic hydroxyl groups excluding tert-OH is 1. The van der Waals surface area contributed by atoms with Crippen LogP contribution >= 0.6 is 0 Å². The zero-order chi connectivity index (χ0) is 15.2. The maximum atomic E-state index is 10.5. The average molecular weight is 283 g/mol. The van der Waals surface area contributed by atoms with Gasteiger partial charge in [-0.05, 0) is 55.4 Å². The summed E-state index contributed by atoms with van der Waals surface area (Å²) in [5.41, 5.74) is 6.34. The van der Waals surface area contributed by atoms with Gasteiger partial charge in [0.1, 0.15) is 0 Å². The van der Waals surface area contributed by atoms with Gasteiger partial charge in [-0.3, -0.25) is 0 Å². The van der Waals surface area contributed by atoms with Crippen molar-refractivity contribution in [2.24, 2.45) is 5.41 Å². The molecular weight excluding hydrogens is 258 g/mol. The minimum atomic E-state index is -0.335. The molecule has 0 spiro atoms. The predicted molar refractivity (Wildman–Crippen MR) is 86.9 cm³/mol. The quantitative estimate of drug-likeness (QED) is 0.870. The summed E-state index contributed by atoms with van der Waals surface area (Å²) >= 11 is 0. The van der Waals surface area contributed by atoms with Gasteiger partial charge in [0.05, 0.1) is 6.10 Å². The first-order chi connectivity index (χ1) is 9.91. The molecule has 1 aromatic carbocycles. The van der Waals surface area contributed by atoms with Gasteiger partial charge >= 0.3 is 0 Å². The van der Waals surface area contributed by atoms with E-state index >= 15 is 0 Å². The molecule has 0 bridgehead atoms. The maximum absolute atomic E-state index is 10.5. The van der Waals surface area contributed by atoms with E-state index in [1.54, 1.807) is 0 Å². The molecule has 1 N–H and O–H groups in total. The van der Waals surface area contributed by atoms with Crippen molar-refractivity contribution in [1.29, 1.82) is 0 Å².